The second-order valence-corrected chi connectivity index (χ2v) is 5.48. The Morgan fingerprint density at radius 1 is 1.29 bits per heavy atom. The van der Waals surface area contributed by atoms with Crippen LogP contribution < -0.4 is 0 Å². The van der Waals surface area contributed by atoms with Crippen molar-refractivity contribution in [3.05, 3.63) is 0 Å². The predicted octanol–water partition coefficient (Wildman–Crippen LogP) is 2.64. The minimum atomic E-state index is -0.556. The average molecular weight is 196 g/mol. The Bertz CT molecular complexity index is 247. The molecule has 0 aliphatic heterocycles. The van der Waals surface area contributed by atoms with Crippen LogP contribution in [-0.4, -0.2) is 11.1 Å². The number of hydrogen-bond acceptors (Lipinski definition) is 1. The second-order valence-electron chi connectivity index (χ2n) is 5.48. The number of aliphatic carboxylic acids is 1. The fourth-order valence-electron chi connectivity index (χ4n) is 3.59. The van der Waals surface area contributed by atoms with Crippen molar-refractivity contribution in [3.8, 4) is 0 Å². The topological polar surface area (TPSA) is 37.3 Å². The highest BCUT2D eigenvalue weighted by atomic mass is 16.4. The minimum absolute atomic E-state index is 0.0140. The van der Waals surface area contributed by atoms with E-state index in [9.17, 15) is 4.79 Å². The highest BCUT2D eigenvalue weighted by Gasteiger charge is 2.62. The third-order valence-electron chi connectivity index (χ3n) is 4.38. The summed E-state index contributed by atoms with van der Waals surface area (Å²) in [5, 5.41) is 9.10. The molecule has 0 aromatic carbocycles. The second kappa shape index (κ2) is 3.25. The van der Waals surface area contributed by atoms with E-state index in [0.29, 0.717) is 29.6 Å². The van der Waals surface area contributed by atoms with Gasteiger partial charge in [0.05, 0.1) is 5.92 Å². The smallest absolute Gasteiger partial charge is 0.307 e. The first-order chi connectivity index (χ1) is 6.54. The normalized spacial score (nSPS) is 46.1. The van der Waals surface area contributed by atoms with Gasteiger partial charge in [-0.25, -0.2) is 0 Å². The molecule has 2 fully saturated rings. The number of carboxylic acid groups (broad SMARTS) is 1. The van der Waals surface area contributed by atoms with Gasteiger partial charge in [0.25, 0.3) is 0 Å². The van der Waals surface area contributed by atoms with Crippen LogP contribution in [0, 0.1) is 35.5 Å². The number of fused-ring (bicyclic) bond motifs is 1. The number of carboxylic acids is 1. The van der Waals surface area contributed by atoms with E-state index in [1.807, 2.05) is 0 Å². The van der Waals surface area contributed by atoms with E-state index in [0.717, 1.165) is 0 Å². The van der Waals surface area contributed by atoms with Gasteiger partial charge < -0.3 is 5.11 Å². The molecule has 5 unspecified atom stereocenters. The average Bonchev–Trinajstić information content (AvgIpc) is 2.79. The van der Waals surface area contributed by atoms with Crippen molar-refractivity contribution in [2.24, 2.45) is 35.5 Å². The molecule has 0 aromatic rings. The molecular weight excluding hydrogens is 176 g/mol. The molecule has 0 aromatic heterocycles. The summed E-state index contributed by atoms with van der Waals surface area (Å²) in [6, 6.07) is 0. The van der Waals surface area contributed by atoms with Crippen molar-refractivity contribution >= 4 is 5.97 Å². The maximum Gasteiger partial charge on any atom is 0.307 e. The molecule has 2 saturated carbocycles. The van der Waals surface area contributed by atoms with E-state index in [2.05, 4.69) is 20.8 Å². The van der Waals surface area contributed by atoms with Gasteiger partial charge in [-0.1, -0.05) is 27.2 Å². The highest BCUT2D eigenvalue weighted by molar-refractivity contribution is 5.74. The predicted molar refractivity (Wildman–Crippen MR) is 54.8 cm³/mol. The van der Waals surface area contributed by atoms with Gasteiger partial charge in [0, 0.05) is 0 Å². The van der Waals surface area contributed by atoms with Crippen molar-refractivity contribution in [2.75, 3.05) is 0 Å². The molecule has 14 heavy (non-hydrogen) atoms. The summed E-state index contributed by atoms with van der Waals surface area (Å²) in [5.74, 6) is 2.37. The van der Waals surface area contributed by atoms with Gasteiger partial charge in [0.2, 0.25) is 0 Å². The van der Waals surface area contributed by atoms with Gasteiger partial charge in [-0.2, -0.15) is 0 Å². The summed E-state index contributed by atoms with van der Waals surface area (Å²) >= 11 is 0. The Morgan fingerprint density at radius 2 is 1.93 bits per heavy atom. The van der Waals surface area contributed by atoms with Crippen LogP contribution in [0.5, 0.6) is 0 Å². The molecule has 0 radical (unpaired) electrons. The Morgan fingerprint density at radius 3 is 2.43 bits per heavy atom. The lowest BCUT2D eigenvalue weighted by molar-refractivity contribution is -0.139. The van der Waals surface area contributed by atoms with Crippen molar-refractivity contribution < 1.29 is 9.90 Å². The van der Waals surface area contributed by atoms with Crippen LogP contribution in [0.2, 0.25) is 0 Å². The lowest BCUT2D eigenvalue weighted by Crippen LogP contribution is -2.20. The largest absolute Gasteiger partial charge is 0.481 e. The van der Waals surface area contributed by atoms with E-state index >= 15 is 0 Å². The first kappa shape index (κ1) is 10.0. The molecule has 0 saturated heterocycles. The van der Waals surface area contributed by atoms with Crippen LogP contribution in [0.4, 0.5) is 0 Å². The summed E-state index contributed by atoms with van der Waals surface area (Å²) in [7, 11) is 0. The molecule has 2 aliphatic carbocycles. The first-order valence-corrected chi connectivity index (χ1v) is 5.76. The molecule has 0 heterocycles. The van der Waals surface area contributed by atoms with Gasteiger partial charge in [-0.3, -0.25) is 4.79 Å². The monoisotopic (exact) mass is 196 g/mol. The molecule has 0 spiro atoms. The van der Waals surface area contributed by atoms with Crippen LogP contribution in [0.25, 0.3) is 0 Å². The van der Waals surface area contributed by atoms with E-state index in [-0.39, 0.29) is 5.92 Å². The van der Waals surface area contributed by atoms with Crippen molar-refractivity contribution in [3.63, 3.8) is 0 Å². The zero-order valence-corrected chi connectivity index (χ0v) is 9.23. The lowest BCUT2D eigenvalue weighted by Gasteiger charge is -2.28. The van der Waals surface area contributed by atoms with Crippen molar-refractivity contribution in [1.82, 2.24) is 0 Å². The van der Waals surface area contributed by atoms with Crippen LogP contribution in [-0.2, 0) is 4.79 Å². The van der Waals surface area contributed by atoms with Crippen LogP contribution in [0.1, 0.15) is 33.6 Å². The molecule has 2 rings (SSSR count). The van der Waals surface area contributed by atoms with Crippen LogP contribution in [0.15, 0.2) is 0 Å². The zero-order chi connectivity index (χ0) is 10.5. The van der Waals surface area contributed by atoms with Gasteiger partial charge in [0.15, 0.2) is 0 Å². The Kier molecular flexibility index (Phi) is 2.32. The van der Waals surface area contributed by atoms with Gasteiger partial charge in [-0.15, -0.1) is 0 Å². The summed E-state index contributed by atoms with van der Waals surface area (Å²) in [4.78, 5) is 11.0. The van der Waals surface area contributed by atoms with E-state index in [1.165, 1.54) is 12.8 Å². The molecule has 5 atom stereocenters. The molecule has 2 heteroatoms. The Labute approximate surface area is 85.7 Å². The fraction of sp³-hybridized carbons (Fsp3) is 0.917. The first-order valence-electron chi connectivity index (χ1n) is 5.76. The molecule has 2 nitrogen and oxygen atoms in total. The summed E-state index contributed by atoms with van der Waals surface area (Å²) in [5.41, 5.74) is 0. The van der Waals surface area contributed by atoms with Gasteiger partial charge in [0.1, 0.15) is 0 Å². The standard InChI is InChI=1S/C12H20O2/c1-6(2)8-5-4-7(3)9-10(8)11(9)12(13)14/h6-11H,4-5H2,1-3H3,(H,13,14). The summed E-state index contributed by atoms with van der Waals surface area (Å²) in [6.07, 6.45) is 2.47. The summed E-state index contributed by atoms with van der Waals surface area (Å²) < 4.78 is 0. The quantitative estimate of drug-likeness (QED) is 0.737. The third-order valence-corrected chi connectivity index (χ3v) is 4.38. The Balaban J connectivity index is 2.11. The van der Waals surface area contributed by atoms with Crippen molar-refractivity contribution in [2.45, 2.75) is 33.6 Å². The minimum Gasteiger partial charge on any atom is -0.481 e. The zero-order valence-electron chi connectivity index (χ0n) is 9.23. The SMILES string of the molecule is CC(C)C1CCC(C)C2C(C(=O)O)C12. The number of carbonyl (C=O) groups is 1. The van der Waals surface area contributed by atoms with E-state index in [1.54, 1.807) is 0 Å². The maximum absolute atomic E-state index is 11.0. The van der Waals surface area contributed by atoms with Crippen molar-refractivity contribution in [1.29, 1.82) is 0 Å². The van der Waals surface area contributed by atoms with Crippen LogP contribution >= 0.6 is 0 Å². The molecule has 0 amide bonds. The summed E-state index contributed by atoms with van der Waals surface area (Å²) in [6.45, 7) is 6.68. The van der Waals surface area contributed by atoms with E-state index in [4.69, 9.17) is 5.11 Å². The van der Waals surface area contributed by atoms with Crippen LogP contribution in [0.3, 0.4) is 0 Å². The highest BCUT2D eigenvalue weighted by Crippen LogP contribution is 2.62. The third kappa shape index (κ3) is 1.35. The van der Waals surface area contributed by atoms with Gasteiger partial charge >= 0.3 is 5.97 Å². The van der Waals surface area contributed by atoms with Gasteiger partial charge in [-0.05, 0) is 36.0 Å². The fourth-order valence-corrected chi connectivity index (χ4v) is 3.59. The van der Waals surface area contributed by atoms with E-state index < -0.39 is 5.97 Å². The number of hydrogen-bond donors (Lipinski definition) is 1. The molecular formula is C12H20O2. The molecule has 2 aliphatic rings. The Hall–Kier alpha value is -0.530. The molecule has 1 N–H and O–H groups in total. The lowest BCUT2D eigenvalue weighted by atomic mass is 9.77. The molecule has 80 valence electrons. The number of rotatable bonds is 2. The molecule has 0 bridgehead atoms. The maximum atomic E-state index is 11.0.